The van der Waals surface area contributed by atoms with Crippen LogP contribution in [0.5, 0.6) is 11.5 Å². The maximum atomic E-state index is 12.7. The first-order chi connectivity index (χ1) is 18.5. The molecule has 202 valence electrons. The summed E-state index contributed by atoms with van der Waals surface area (Å²) in [6, 6.07) is 19.5. The van der Waals surface area contributed by atoms with Gasteiger partial charge in [0.1, 0.15) is 24.2 Å². The lowest BCUT2D eigenvalue weighted by Gasteiger charge is -2.36. The number of rotatable bonds is 6. The highest BCUT2D eigenvalue weighted by molar-refractivity contribution is 6.35. The molecule has 1 amide bonds. The first kappa shape index (κ1) is 28.0. The maximum Gasteiger partial charge on any atom is 0.253 e. The van der Waals surface area contributed by atoms with Crippen molar-refractivity contribution in [2.45, 2.75) is 26.2 Å². The number of hydrogen-bond acceptors (Lipinski definition) is 6. The molecule has 2 aliphatic rings. The molecule has 9 heteroatoms. The molecular weight excluding hydrogens is 527 g/mol. The molecular formula is C29H32Cl2N2O5. The number of carbonyl (C=O) groups is 1. The fraction of sp³-hybridized carbons (Fsp3) is 0.345. The van der Waals surface area contributed by atoms with Crippen molar-refractivity contribution in [1.82, 2.24) is 4.90 Å². The van der Waals surface area contributed by atoms with Crippen LogP contribution >= 0.6 is 23.2 Å². The lowest BCUT2D eigenvalue weighted by molar-refractivity contribution is -0.0658. The average molecular weight is 559 g/mol. The summed E-state index contributed by atoms with van der Waals surface area (Å²) in [5.74, 6) is 0.883. The summed E-state index contributed by atoms with van der Waals surface area (Å²) in [5.41, 5.74) is 2.41. The van der Waals surface area contributed by atoms with E-state index < -0.39 is 6.29 Å². The lowest BCUT2D eigenvalue weighted by Crippen LogP contribution is -2.48. The number of carbonyl (C=O) groups excluding carboxylic acids is 1. The third kappa shape index (κ3) is 6.91. The molecule has 3 aromatic rings. The summed E-state index contributed by atoms with van der Waals surface area (Å²) < 4.78 is 17.6. The van der Waals surface area contributed by atoms with Gasteiger partial charge in [-0.2, -0.15) is 0 Å². The van der Waals surface area contributed by atoms with Crippen molar-refractivity contribution in [2.24, 2.45) is 0 Å². The standard InChI is InChI=1S/C27H26Cl2N2O5.C2H6/c28-19-3-10-24(25(29)15-19)27-35-17-23(36-27)16-34-22-8-4-20(5-9-22)30-11-13-31(14-12-30)26(33)18-1-6-21(32)7-2-18;1-2/h1-10,15,23,27,32H,11-14,16-17H2;1-2H3. The fourth-order valence-corrected chi connectivity index (χ4v) is 4.79. The molecule has 0 aromatic heterocycles. The highest BCUT2D eigenvalue weighted by atomic mass is 35.5. The van der Waals surface area contributed by atoms with Crippen LogP contribution in [0.1, 0.15) is 36.1 Å². The van der Waals surface area contributed by atoms with Crippen molar-refractivity contribution in [3.63, 3.8) is 0 Å². The van der Waals surface area contributed by atoms with E-state index in [1.165, 1.54) is 12.1 Å². The van der Waals surface area contributed by atoms with E-state index in [9.17, 15) is 9.90 Å². The van der Waals surface area contributed by atoms with Crippen LogP contribution in [0.15, 0.2) is 66.7 Å². The fourth-order valence-electron chi connectivity index (χ4n) is 4.29. The van der Waals surface area contributed by atoms with Gasteiger partial charge >= 0.3 is 0 Å². The minimum Gasteiger partial charge on any atom is -0.508 e. The second kappa shape index (κ2) is 13.2. The highest BCUT2D eigenvalue weighted by Crippen LogP contribution is 2.33. The number of hydrogen-bond donors (Lipinski definition) is 1. The Morgan fingerprint density at radius 2 is 1.66 bits per heavy atom. The predicted molar refractivity (Wildman–Crippen MR) is 150 cm³/mol. The van der Waals surface area contributed by atoms with Crippen molar-refractivity contribution < 1.29 is 24.1 Å². The topological polar surface area (TPSA) is 71.5 Å². The zero-order chi connectivity index (χ0) is 27.1. The number of halogens is 2. The smallest absolute Gasteiger partial charge is 0.253 e. The second-order valence-electron chi connectivity index (χ2n) is 8.72. The van der Waals surface area contributed by atoms with Gasteiger partial charge in [-0.05, 0) is 60.7 Å². The number of ether oxygens (including phenoxy) is 3. The first-order valence-electron chi connectivity index (χ1n) is 12.7. The van der Waals surface area contributed by atoms with Gasteiger partial charge in [-0.25, -0.2) is 0 Å². The lowest BCUT2D eigenvalue weighted by atomic mass is 10.1. The number of amides is 1. The van der Waals surface area contributed by atoms with E-state index in [-0.39, 0.29) is 17.8 Å². The molecule has 2 atom stereocenters. The third-order valence-electron chi connectivity index (χ3n) is 6.28. The molecule has 0 aliphatic carbocycles. The number of phenols is 1. The van der Waals surface area contributed by atoms with Gasteiger partial charge < -0.3 is 29.1 Å². The van der Waals surface area contributed by atoms with E-state index in [2.05, 4.69) is 4.90 Å². The van der Waals surface area contributed by atoms with Crippen LogP contribution in [-0.4, -0.2) is 61.4 Å². The van der Waals surface area contributed by atoms with Crippen molar-refractivity contribution in [3.8, 4) is 11.5 Å². The van der Waals surface area contributed by atoms with E-state index in [0.29, 0.717) is 41.9 Å². The maximum absolute atomic E-state index is 12.7. The first-order valence-corrected chi connectivity index (χ1v) is 13.5. The van der Waals surface area contributed by atoms with Gasteiger partial charge in [0.15, 0.2) is 6.29 Å². The second-order valence-corrected chi connectivity index (χ2v) is 9.56. The van der Waals surface area contributed by atoms with Gasteiger partial charge in [0, 0.05) is 48.0 Å². The molecule has 7 nitrogen and oxygen atoms in total. The van der Waals surface area contributed by atoms with Crippen molar-refractivity contribution in [1.29, 1.82) is 0 Å². The summed E-state index contributed by atoms with van der Waals surface area (Å²) in [6.45, 7) is 7.53. The Bertz CT molecular complexity index is 1200. The number of benzene rings is 3. The monoisotopic (exact) mass is 558 g/mol. The minimum atomic E-state index is -0.537. The van der Waals surface area contributed by atoms with Crippen LogP contribution in [-0.2, 0) is 9.47 Å². The summed E-state index contributed by atoms with van der Waals surface area (Å²) in [7, 11) is 0. The molecule has 1 N–H and O–H groups in total. The molecule has 2 fully saturated rings. The Hall–Kier alpha value is -2.97. The van der Waals surface area contributed by atoms with E-state index >= 15 is 0 Å². The van der Waals surface area contributed by atoms with Gasteiger partial charge in [0.25, 0.3) is 5.91 Å². The summed E-state index contributed by atoms with van der Waals surface area (Å²) >= 11 is 12.2. The van der Waals surface area contributed by atoms with Crippen molar-refractivity contribution >= 4 is 34.8 Å². The molecule has 2 unspecified atom stereocenters. The predicted octanol–water partition coefficient (Wildman–Crippen LogP) is 6.18. The van der Waals surface area contributed by atoms with Crippen LogP contribution in [0, 0.1) is 0 Å². The van der Waals surface area contributed by atoms with Crippen LogP contribution in [0.25, 0.3) is 0 Å². The molecule has 3 aromatic carbocycles. The Morgan fingerprint density at radius 1 is 0.974 bits per heavy atom. The van der Waals surface area contributed by atoms with Gasteiger partial charge in [-0.15, -0.1) is 0 Å². The van der Waals surface area contributed by atoms with E-state index in [0.717, 1.165) is 30.1 Å². The Labute approximate surface area is 233 Å². The van der Waals surface area contributed by atoms with Crippen molar-refractivity contribution in [3.05, 3.63) is 87.9 Å². The molecule has 2 heterocycles. The molecule has 2 aliphatic heterocycles. The van der Waals surface area contributed by atoms with Gasteiger partial charge in [0.05, 0.1) is 11.6 Å². The highest BCUT2D eigenvalue weighted by Gasteiger charge is 2.29. The number of phenolic OH excluding ortho intramolecular Hbond substituents is 1. The van der Waals surface area contributed by atoms with Crippen molar-refractivity contribution in [2.75, 3.05) is 44.3 Å². The molecule has 0 saturated carbocycles. The molecule has 5 rings (SSSR count). The minimum absolute atomic E-state index is 0.0166. The van der Waals surface area contributed by atoms with Crippen LogP contribution in [0.2, 0.25) is 10.0 Å². The van der Waals surface area contributed by atoms with Gasteiger partial charge in [0.2, 0.25) is 0 Å². The molecule has 38 heavy (non-hydrogen) atoms. The Balaban J connectivity index is 0.00000164. The van der Waals surface area contributed by atoms with Gasteiger partial charge in [-0.3, -0.25) is 4.79 Å². The largest absolute Gasteiger partial charge is 0.508 e. The zero-order valence-corrected chi connectivity index (χ0v) is 23.0. The van der Waals surface area contributed by atoms with Gasteiger partial charge in [-0.1, -0.05) is 43.1 Å². The summed E-state index contributed by atoms with van der Waals surface area (Å²) in [4.78, 5) is 16.8. The zero-order valence-electron chi connectivity index (χ0n) is 21.5. The molecule has 0 bridgehead atoms. The molecule has 0 spiro atoms. The molecule has 2 saturated heterocycles. The Kier molecular flexibility index (Phi) is 9.74. The quantitative estimate of drug-likeness (QED) is 0.389. The van der Waals surface area contributed by atoms with Crippen LogP contribution < -0.4 is 9.64 Å². The summed E-state index contributed by atoms with van der Waals surface area (Å²) in [6.07, 6.45) is -0.744. The summed E-state index contributed by atoms with van der Waals surface area (Å²) in [5, 5.41) is 10.5. The third-order valence-corrected chi connectivity index (χ3v) is 6.85. The number of aromatic hydroxyl groups is 1. The SMILES string of the molecule is CC.O=C(c1ccc(O)cc1)N1CCN(c2ccc(OCC3COC(c4ccc(Cl)cc4Cl)O3)cc2)CC1. The van der Waals surface area contributed by atoms with Crippen LogP contribution in [0.4, 0.5) is 5.69 Å². The average Bonchev–Trinajstić information content (AvgIpc) is 3.42. The van der Waals surface area contributed by atoms with E-state index in [1.54, 1.807) is 30.3 Å². The number of anilines is 1. The van der Waals surface area contributed by atoms with E-state index in [4.69, 9.17) is 37.4 Å². The molecule has 0 radical (unpaired) electrons. The number of nitrogens with zero attached hydrogens (tertiary/aromatic N) is 2. The Morgan fingerprint density at radius 3 is 2.32 bits per heavy atom. The normalized spacial score (nSPS) is 19.1. The number of piperazine rings is 1. The van der Waals surface area contributed by atoms with E-state index in [1.807, 2.05) is 43.0 Å². The van der Waals surface area contributed by atoms with Crippen LogP contribution in [0.3, 0.4) is 0 Å².